The smallest absolute Gasteiger partial charge is 0.135 e. The lowest BCUT2D eigenvalue weighted by atomic mass is 9.82. The van der Waals surface area contributed by atoms with Crippen molar-refractivity contribution in [1.82, 2.24) is 9.97 Å². The fraction of sp³-hybridized carbons (Fsp3) is 0.185. The Hall–Kier alpha value is -3.24. The van der Waals surface area contributed by atoms with Gasteiger partial charge in [-0.05, 0) is 59.0 Å². The third-order valence-electron chi connectivity index (χ3n) is 5.97. The van der Waals surface area contributed by atoms with Gasteiger partial charge in [-0.15, -0.1) is 11.3 Å². The number of furan rings is 1. The zero-order valence-electron chi connectivity index (χ0n) is 18.0. The SMILES string of the molecule is Cc1cc2cc3c(cc2o1)sc1ncnc(-c2cc(C(C)(C)C)c4ccccc4c2)c13. The van der Waals surface area contributed by atoms with Gasteiger partial charge >= 0.3 is 0 Å². The largest absolute Gasteiger partial charge is 0.461 e. The number of benzene rings is 3. The van der Waals surface area contributed by atoms with Crippen LogP contribution in [0.5, 0.6) is 0 Å². The molecule has 3 heterocycles. The second-order valence-electron chi connectivity index (χ2n) is 9.24. The highest BCUT2D eigenvalue weighted by Crippen LogP contribution is 2.42. The summed E-state index contributed by atoms with van der Waals surface area (Å²) < 4.78 is 7.04. The molecule has 0 spiro atoms. The van der Waals surface area contributed by atoms with Crippen LogP contribution in [0.25, 0.3) is 53.3 Å². The molecule has 4 heteroatoms. The van der Waals surface area contributed by atoms with Gasteiger partial charge in [-0.3, -0.25) is 0 Å². The molecule has 0 bridgehead atoms. The van der Waals surface area contributed by atoms with E-state index >= 15 is 0 Å². The summed E-state index contributed by atoms with van der Waals surface area (Å²) in [5.74, 6) is 0.929. The number of hydrogen-bond donors (Lipinski definition) is 0. The molecule has 6 rings (SSSR count). The molecule has 3 nitrogen and oxygen atoms in total. The predicted molar refractivity (Wildman–Crippen MR) is 131 cm³/mol. The van der Waals surface area contributed by atoms with Crippen LogP contribution < -0.4 is 0 Å². The average molecular weight is 423 g/mol. The molecule has 0 N–H and O–H groups in total. The van der Waals surface area contributed by atoms with Crippen molar-refractivity contribution in [3.8, 4) is 11.3 Å². The molecule has 0 aliphatic heterocycles. The molecule has 0 radical (unpaired) electrons. The lowest BCUT2D eigenvalue weighted by Gasteiger charge is -2.22. The maximum atomic E-state index is 5.86. The number of aryl methyl sites for hydroxylation is 1. The van der Waals surface area contributed by atoms with Crippen LogP contribution in [0.2, 0.25) is 0 Å². The van der Waals surface area contributed by atoms with Gasteiger partial charge in [0.2, 0.25) is 0 Å². The molecule has 0 unspecified atom stereocenters. The number of aromatic nitrogens is 2. The summed E-state index contributed by atoms with van der Waals surface area (Å²) in [4.78, 5) is 10.4. The number of rotatable bonds is 1. The zero-order chi connectivity index (χ0) is 21.3. The first-order valence-corrected chi connectivity index (χ1v) is 11.3. The van der Waals surface area contributed by atoms with Crippen LogP contribution in [0.1, 0.15) is 32.1 Å². The Kier molecular flexibility index (Phi) is 3.81. The number of hydrogen-bond acceptors (Lipinski definition) is 4. The predicted octanol–water partition coefficient (Wildman–Crippen LogP) is 8.02. The first-order valence-electron chi connectivity index (χ1n) is 10.5. The van der Waals surface area contributed by atoms with Gasteiger partial charge in [0.05, 0.1) is 5.69 Å². The van der Waals surface area contributed by atoms with E-state index in [0.717, 1.165) is 38.2 Å². The summed E-state index contributed by atoms with van der Waals surface area (Å²) in [5, 5.41) is 5.97. The van der Waals surface area contributed by atoms with Crippen molar-refractivity contribution in [2.75, 3.05) is 0 Å². The fourth-order valence-electron chi connectivity index (χ4n) is 4.56. The van der Waals surface area contributed by atoms with E-state index in [1.807, 2.05) is 6.92 Å². The normalized spacial score (nSPS) is 12.5. The Morgan fingerprint density at radius 1 is 0.871 bits per heavy atom. The standard InChI is InChI=1S/C27H22N2OS/c1-15-9-17-11-20-23(13-22(17)30-15)31-26-24(20)25(28-14-29-26)18-10-16-7-5-6-8-19(16)21(12-18)27(2,3)4/h5-14H,1-4H3. The minimum Gasteiger partial charge on any atom is -0.461 e. The van der Waals surface area contributed by atoms with Crippen molar-refractivity contribution in [3.63, 3.8) is 0 Å². The van der Waals surface area contributed by atoms with E-state index in [2.05, 4.69) is 80.4 Å². The topological polar surface area (TPSA) is 38.9 Å². The summed E-state index contributed by atoms with van der Waals surface area (Å²) >= 11 is 1.70. The average Bonchev–Trinajstić information content (AvgIpc) is 3.28. The van der Waals surface area contributed by atoms with Gasteiger partial charge in [-0.2, -0.15) is 0 Å². The molecule has 0 fully saturated rings. The monoisotopic (exact) mass is 422 g/mol. The Morgan fingerprint density at radius 3 is 2.55 bits per heavy atom. The van der Waals surface area contributed by atoms with E-state index in [0.29, 0.717) is 0 Å². The van der Waals surface area contributed by atoms with Gasteiger partial charge in [0.15, 0.2) is 0 Å². The summed E-state index contributed by atoms with van der Waals surface area (Å²) in [5.41, 5.74) is 4.41. The molecular weight excluding hydrogens is 400 g/mol. The minimum absolute atomic E-state index is 0.0267. The molecule has 0 saturated heterocycles. The zero-order valence-corrected chi connectivity index (χ0v) is 18.8. The molecule has 3 aromatic carbocycles. The molecule has 31 heavy (non-hydrogen) atoms. The lowest BCUT2D eigenvalue weighted by Crippen LogP contribution is -2.12. The molecule has 0 atom stereocenters. The van der Waals surface area contributed by atoms with Crippen LogP contribution in [0.3, 0.4) is 0 Å². The molecule has 3 aromatic heterocycles. The highest BCUT2D eigenvalue weighted by Gasteiger charge is 2.21. The summed E-state index contributed by atoms with van der Waals surface area (Å²) in [6.45, 7) is 8.80. The second-order valence-corrected chi connectivity index (χ2v) is 10.3. The van der Waals surface area contributed by atoms with Crippen molar-refractivity contribution in [1.29, 1.82) is 0 Å². The van der Waals surface area contributed by atoms with Gasteiger partial charge < -0.3 is 4.42 Å². The number of nitrogens with zero attached hydrogens (tertiary/aromatic N) is 2. The molecular formula is C27H22N2OS. The van der Waals surface area contributed by atoms with E-state index in [9.17, 15) is 0 Å². The van der Waals surface area contributed by atoms with Crippen molar-refractivity contribution >= 4 is 53.4 Å². The number of thiophene rings is 1. The maximum absolute atomic E-state index is 5.86. The third-order valence-corrected chi connectivity index (χ3v) is 7.03. The molecule has 0 aliphatic rings. The Morgan fingerprint density at radius 2 is 1.71 bits per heavy atom. The first kappa shape index (κ1) is 18.5. The van der Waals surface area contributed by atoms with Crippen LogP contribution in [-0.2, 0) is 5.41 Å². The van der Waals surface area contributed by atoms with Crippen LogP contribution in [-0.4, -0.2) is 9.97 Å². The lowest BCUT2D eigenvalue weighted by molar-refractivity contribution is 0.579. The maximum Gasteiger partial charge on any atom is 0.135 e. The Balaban J connectivity index is 1.71. The Bertz CT molecular complexity index is 1630. The molecule has 6 aromatic rings. The Labute approximate surface area is 184 Å². The fourth-order valence-corrected chi connectivity index (χ4v) is 5.61. The van der Waals surface area contributed by atoms with Gasteiger partial charge in [0.25, 0.3) is 0 Å². The summed E-state index contributed by atoms with van der Waals surface area (Å²) in [6, 6.07) is 19.6. The quantitative estimate of drug-likeness (QED) is 0.269. The van der Waals surface area contributed by atoms with Crippen molar-refractivity contribution in [3.05, 3.63) is 72.2 Å². The van der Waals surface area contributed by atoms with E-state index in [-0.39, 0.29) is 5.41 Å². The van der Waals surface area contributed by atoms with Gasteiger partial charge in [-0.25, -0.2) is 9.97 Å². The van der Waals surface area contributed by atoms with Crippen molar-refractivity contribution < 1.29 is 4.42 Å². The summed E-state index contributed by atoms with van der Waals surface area (Å²) in [6.07, 6.45) is 1.69. The summed E-state index contributed by atoms with van der Waals surface area (Å²) in [7, 11) is 0. The van der Waals surface area contributed by atoms with Crippen LogP contribution >= 0.6 is 11.3 Å². The van der Waals surface area contributed by atoms with Gasteiger partial charge in [0.1, 0.15) is 22.5 Å². The third kappa shape index (κ3) is 2.86. The van der Waals surface area contributed by atoms with Gasteiger partial charge in [0, 0.05) is 26.4 Å². The van der Waals surface area contributed by atoms with Gasteiger partial charge in [-0.1, -0.05) is 45.0 Å². The first-order chi connectivity index (χ1) is 14.9. The van der Waals surface area contributed by atoms with Crippen LogP contribution in [0, 0.1) is 6.92 Å². The highest BCUT2D eigenvalue weighted by molar-refractivity contribution is 7.25. The second kappa shape index (κ2) is 6.38. The van der Waals surface area contributed by atoms with E-state index in [1.165, 1.54) is 26.4 Å². The molecule has 152 valence electrons. The minimum atomic E-state index is 0.0267. The van der Waals surface area contributed by atoms with E-state index in [4.69, 9.17) is 9.40 Å². The van der Waals surface area contributed by atoms with Crippen molar-refractivity contribution in [2.24, 2.45) is 0 Å². The molecule has 0 saturated carbocycles. The van der Waals surface area contributed by atoms with Crippen molar-refractivity contribution in [2.45, 2.75) is 33.1 Å². The van der Waals surface area contributed by atoms with E-state index in [1.54, 1.807) is 17.7 Å². The van der Waals surface area contributed by atoms with E-state index < -0.39 is 0 Å². The molecule has 0 aliphatic carbocycles. The highest BCUT2D eigenvalue weighted by atomic mass is 32.1. The number of fused-ring (bicyclic) bond motifs is 5. The van der Waals surface area contributed by atoms with Crippen LogP contribution in [0.15, 0.2) is 65.3 Å². The molecule has 0 amide bonds. The van der Waals surface area contributed by atoms with Crippen LogP contribution in [0.4, 0.5) is 0 Å².